The van der Waals surface area contributed by atoms with E-state index >= 15 is 8.78 Å². The molecule has 2 bridgehead atoms. The molecule has 8 nitrogen and oxygen atoms in total. The number of piperazine rings is 1. The van der Waals surface area contributed by atoms with Crippen LogP contribution in [0.2, 0.25) is 0 Å². The maximum Gasteiger partial charge on any atom is 0.319 e. The molecule has 4 aromatic rings. The van der Waals surface area contributed by atoms with Crippen LogP contribution in [0.5, 0.6) is 11.8 Å². The summed E-state index contributed by atoms with van der Waals surface area (Å²) >= 11 is 0. The third-order valence-corrected chi connectivity index (χ3v) is 8.63. The van der Waals surface area contributed by atoms with Crippen molar-refractivity contribution in [3.63, 3.8) is 0 Å². The number of aryl methyl sites for hydroxylation is 1. The molecule has 3 fully saturated rings. The number of aromatic hydroxyl groups is 1. The topological polar surface area (TPSA) is 99.6 Å². The maximum absolute atomic E-state index is 16.6. The molecule has 0 spiro atoms. The molecule has 1 amide bonds. The molecular formula is C31H30F3N5O3. The van der Waals surface area contributed by atoms with Gasteiger partial charge in [-0.15, -0.1) is 0 Å². The van der Waals surface area contributed by atoms with Gasteiger partial charge in [-0.3, -0.25) is 4.79 Å². The van der Waals surface area contributed by atoms with E-state index in [9.17, 15) is 14.3 Å². The Kier molecular flexibility index (Phi) is 6.56. The first-order valence-electron chi connectivity index (χ1n) is 14.4. The van der Waals surface area contributed by atoms with Gasteiger partial charge in [0, 0.05) is 37.0 Å². The molecule has 11 heteroatoms. The minimum Gasteiger partial charge on any atom is -0.508 e. The lowest BCUT2D eigenvalue weighted by Gasteiger charge is -2.34. The number of aromatic nitrogens is 2. The van der Waals surface area contributed by atoms with Crippen LogP contribution in [0.25, 0.3) is 32.8 Å². The number of carbonyl (C=O) groups excluding carboxylic acids is 1. The summed E-state index contributed by atoms with van der Waals surface area (Å²) < 4.78 is 53.5. The number of phenolic OH excluding ortho intramolecular Hbond substituents is 1. The zero-order valence-corrected chi connectivity index (χ0v) is 23.0. The number of hydrogen-bond acceptors (Lipinski definition) is 7. The molecule has 0 unspecified atom stereocenters. The lowest BCUT2D eigenvalue weighted by molar-refractivity contribution is -0.119. The molecule has 42 heavy (non-hydrogen) atoms. The molecule has 4 heterocycles. The van der Waals surface area contributed by atoms with E-state index in [1.807, 2.05) is 4.90 Å². The van der Waals surface area contributed by atoms with E-state index in [1.54, 1.807) is 6.92 Å². The number of rotatable bonds is 6. The van der Waals surface area contributed by atoms with Crippen LogP contribution in [-0.2, 0) is 11.2 Å². The molecule has 0 saturated carbocycles. The van der Waals surface area contributed by atoms with Gasteiger partial charge in [0.15, 0.2) is 5.82 Å². The summed E-state index contributed by atoms with van der Waals surface area (Å²) in [6.45, 7) is 3.09. The molecule has 0 aliphatic carbocycles. The third kappa shape index (κ3) is 4.56. The van der Waals surface area contributed by atoms with E-state index in [4.69, 9.17) is 4.74 Å². The summed E-state index contributed by atoms with van der Waals surface area (Å²) in [5, 5.41) is 17.8. The quantitative estimate of drug-likeness (QED) is 0.305. The van der Waals surface area contributed by atoms with Crippen LogP contribution in [0.15, 0.2) is 30.3 Å². The Morgan fingerprint density at radius 2 is 1.83 bits per heavy atom. The van der Waals surface area contributed by atoms with Gasteiger partial charge in [-0.1, -0.05) is 13.0 Å². The van der Waals surface area contributed by atoms with Crippen LogP contribution >= 0.6 is 0 Å². The van der Waals surface area contributed by atoms with Gasteiger partial charge in [-0.2, -0.15) is 9.97 Å². The van der Waals surface area contributed by atoms with Crippen LogP contribution in [0, 0.1) is 17.5 Å². The highest BCUT2D eigenvalue weighted by Gasteiger charge is 2.35. The zero-order chi connectivity index (χ0) is 29.1. The SMILES string of the molecule is CCc1c(F)ccc2cc(O)cc(-c3c(F)cc4c(N5C[C@H]6CC[C@@H](C5)N6)nc(OC[C@H]5CCC(=O)N5)nc4c3F)c12. The van der Waals surface area contributed by atoms with Crippen molar-refractivity contribution in [1.82, 2.24) is 20.6 Å². The molecule has 218 valence electrons. The van der Waals surface area contributed by atoms with Gasteiger partial charge >= 0.3 is 6.01 Å². The Labute approximate surface area is 239 Å². The summed E-state index contributed by atoms with van der Waals surface area (Å²) in [4.78, 5) is 22.7. The summed E-state index contributed by atoms with van der Waals surface area (Å²) in [6, 6.07) is 6.86. The lowest BCUT2D eigenvalue weighted by atomic mass is 9.91. The van der Waals surface area contributed by atoms with Crippen molar-refractivity contribution in [1.29, 1.82) is 0 Å². The fourth-order valence-corrected chi connectivity index (χ4v) is 6.70. The Morgan fingerprint density at radius 3 is 2.55 bits per heavy atom. The second-order valence-corrected chi connectivity index (χ2v) is 11.4. The monoisotopic (exact) mass is 577 g/mol. The van der Waals surface area contributed by atoms with Gasteiger partial charge < -0.3 is 25.4 Å². The predicted molar refractivity (Wildman–Crippen MR) is 152 cm³/mol. The van der Waals surface area contributed by atoms with Gasteiger partial charge in [-0.05, 0) is 71.8 Å². The molecule has 3 saturated heterocycles. The zero-order valence-electron chi connectivity index (χ0n) is 23.0. The van der Waals surface area contributed by atoms with Gasteiger partial charge in [0.05, 0.1) is 11.6 Å². The minimum atomic E-state index is -0.955. The number of halogens is 3. The number of nitrogens with one attached hydrogen (secondary N) is 2. The van der Waals surface area contributed by atoms with Crippen molar-refractivity contribution >= 4 is 33.4 Å². The van der Waals surface area contributed by atoms with Gasteiger partial charge in [0.25, 0.3) is 0 Å². The van der Waals surface area contributed by atoms with E-state index in [-0.39, 0.29) is 65.3 Å². The number of ether oxygens (including phenoxy) is 1. The van der Waals surface area contributed by atoms with Crippen LogP contribution in [-0.4, -0.2) is 58.8 Å². The maximum atomic E-state index is 16.6. The second-order valence-electron chi connectivity index (χ2n) is 11.4. The Balaban J connectivity index is 1.42. The fourth-order valence-electron chi connectivity index (χ4n) is 6.70. The highest BCUT2D eigenvalue weighted by atomic mass is 19.1. The average Bonchev–Trinajstić information content (AvgIpc) is 3.54. The summed E-state index contributed by atoms with van der Waals surface area (Å²) in [5.41, 5.74) is -0.222. The number of phenols is 1. The number of fused-ring (bicyclic) bond motifs is 4. The number of anilines is 1. The Bertz CT molecular complexity index is 1740. The predicted octanol–water partition coefficient (Wildman–Crippen LogP) is 4.73. The molecule has 3 atom stereocenters. The van der Waals surface area contributed by atoms with E-state index in [0.29, 0.717) is 48.1 Å². The van der Waals surface area contributed by atoms with E-state index in [1.165, 1.54) is 30.3 Å². The van der Waals surface area contributed by atoms with E-state index in [2.05, 4.69) is 20.6 Å². The molecule has 7 rings (SSSR count). The Morgan fingerprint density at radius 1 is 1.05 bits per heavy atom. The average molecular weight is 578 g/mol. The van der Waals surface area contributed by atoms with Crippen LogP contribution in [0.3, 0.4) is 0 Å². The van der Waals surface area contributed by atoms with Crippen molar-refractivity contribution in [2.24, 2.45) is 0 Å². The first-order chi connectivity index (χ1) is 20.3. The second kappa shape index (κ2) is 10.3. The van der Waals surface area contributed by atoms with E-state index < -0.39 is 23.0 Å². The van der Waals surface area contributed by atoms with Gasteiger partial charge in [0.2, 0.25) is 5.91 Å². The molecule has 3 aromatic carbocycles. The van der Waals surface area contributed by atoms with Crippen LogP contribution < -0.4 is 20.3 Å². The highest BCUT2D eigenvalue weighted by Crippen LogP contribution is 2.42. The summed E-state index contributed by atoms with van der Waals surface area (Å²) in [6.07, 6.45) is 3.29. The smallest absolute Gasteiger partial charge is 0.319 e. The summed E-state index contributed by atoms with van der Waals surface area (Å²) in [5.74, 6) is -2.22. The van der Waals surface area contributed by atoms with Crippen molar-refractivity contribution in [3.8, 4) is 22.9 Å². The highest BCUT2D eigenvalue weighted by molar-refractivity contribution is 6.03. The first-order valence-corrected chi connectivity index (χ1v) is 14.4. The molecule has 3 aliphatic rings. The number of hydrogen-bond donors (Lipinski definition) is 3. The minimum absolute atomic E-state index is 0.0368. The number of benzene rings is 3. The van der Waals surface area contributed by atoms with Gasteiger partial charge in [-0.25, -0.2) is 13.2 Å². The van der Waals surface area contributed by atoms with Crippen molar-refractivity contribution in [2.75, 3.05) is 24.6 Å². The normalized spacial score (nSPS) is 21.9. The molecule has 3 aliphatic heterocycles. The Hall–Kier alpha value is -4.12. The summed E-state index contributed by atoms with van der Waals surface area (Å²) in [7, 11) is 0. The number of nitrogens with zero attached hydrogens (tertiary/aromatic N) is 3. The number of carbonyl (C=O) groups is 1. The number of amides is 1. The van der Waals surface area contributed by atoms with Gasteiger partial charge in [0.1, 0.15) is 35.3 Å². The van der Waals surface area contributed by atoms with Crippen molar-refractivity contribution < 1.29 is 27.8 Å². The van der Waals surface area contributed by atoms with Crippen molar-refractivity contribution in [3.05, 3.63) is 53.3 Å². The molecular weight excluding hydrogens is 547 g/mol. The largest absolute Gasteiger partial charge is 0.508 e. The van der Waals surface area contributed by atoms with Crippen LogP contribution in [0.1, 0.15) is 38.2 Å². The van der Waals surface area contributed by atoms with Crippen molar-refractivity contribution in [2.45, 2.75) is 57.2 Å². The molecule has 1 aromatic heterocycles. The van der Waals surface area contributed by atoms with Crippen LogP contribution in [0.4, 0.5) is 19.0 Å². The first kappa shape index (κ1) is 26.8. The fraction of sp³-hybridized carbons (Fsp3) is 0.387. The molecule has 3 N–H and O–H groups in total. The standard InChI is InChI=1S/C31H30F3N5O3/c1-2-20-23(32)7-3-15-9-19(40)10-21(26(15)20)27-24(33)11-22-29(28(27)34)37-31(42-14-18-6-8-25(41)36-18)38-30(22)39-12-16-4-5-17(13-39)35-16/h3,7,9-11,16-18,35,40H,2,4-6,8,12-14H2,1H3,(H,36,41)/t16-,17+,18-/m1/s1. The third-order valence-electron chi connectivity index (χ3n) is 8.63. The van der Waals surface area contributed by atoms with E-state index in [0.717, 1.165) is 12.8 Å². The lowest BCUT2D eigenvalue weighted by Crippen LogP contribution is -2.51. The molecule has 0 radical (unpaired) electrons.